The topological polar surface area (TPSA) is 30.9 Å². The van der Waals surface area contributed by atoms with E-state index in [1.165, 1.54) is 11.8 Å². The van der Waals surface area contributed by atoms with Crippen LogP contribution >= 0.6 is 0 Å². The molecule has 2 aromatic rings. The predicted molar refractivity (Wildman–Crippen MR) is 62.9 cm³/mol. The number of halogens is 1. The van der Waals surface area contributed by atoms with E-state index >= 15 is 0 Å². The second kappa shape index (κ2) is 3.59. The van der Waals surface area contributed by atoms with E-state index in [0.29, 0.717) is 12.6 Å². The molecule has 1 aliphatic rings. The van der Waals surface area contributed by atoms with Gasteiger partial charge in [-0.05, 0) is 37.5 Å². The molecule has 0 spiro atoms. The van der Waals surface area contributed by atoms with Crippen LogP contribution in [0.1, 0.15) is 24.6 Å². The number of rotatable bonds is 1. The number of nitrogens with two attached hydrogens (primary N) is 1. The molecule has 1 aromatic carbocycles. The molecule has 84 valence electrons. The van der Waals surface area contributed by atoms with Gasteiger partial charge in [0.1, 0.15) is 5.82 Å². The van der Waals surface area contributed by atoms with Gasteiger partial charge in [0.2, 0.25) is 0 Å². The van der Waals surface area contributed by atoms with E-state index in [1.54, 1.807) is 6.07 Å². The average Bonchev–Trinajstić information content (AvgIpc) is 2.69. The van der Waals surface area contributed by atoms with Crippen molar-refractivity contribution in [3.05, 3.63) is 35.8 Å². The highest BCUT2D eigenvalue weighted by atomic mass is 19.1. The lowest BCUT2D eigenvalue weighted by Crippen LogP contribution is -2.24. The average molecular weight is 218 g/mol. The molecule has 2 nitrogen and oxygen atoms in total. The van der Waals surface area contributed by atoms with E-state index in [2.05, 4.69) is 4.57 Å². The summed E-state index contributed by atoms with van der Waals surface area (Å²) in [4.78, 5) is 0. The van der Waals surface area contributed by atoms with E-state index in [-0.39, 0.29) is 5.82 Å². The zero-order valence-electron chi connectivity index (χ0n) is 9.12. The van der Waals surface area contributed by atoms with Crippen LogP contribution in [0.5, 0.6) is 0 Å². The Bertz CT molecular complexity index is 530. The molecule has 1 aromatic heterocycles. The van der Waals surface area contributed by atoms with Crippen molar-refractivity contribution in [2.75, 3.05) is 6.54 Å². The molecule has 1 unspecified atom stereocenters. The number of nitrogens with zero attached hydrogens (tertiary/aromatic N) is 1. The summed E-state index contributed by atoms with van der Waals surface area (Å²) in [5.41, 5.74) is 8.01. The maximum atomic E-state index is 13.7. The Morgan fingerprint density at radius 3 is 3.12 bits per heavy atom. The lowest BCUT2D eigenvalue weighted by molar-refractivity contribution is 0.421. The molecule has 2 heterocycles. The summed E-state index contributed by atoms with van der Waals surface area (Å²) in [5.74, 6) is -0.129. The Kier molecular flexibility index (Phi) is 2.21. The van der Waals surface area contributed by atoms with Crippen molar-refractivity contribution in [2.24, 2.45) is 5.73 Å². The lowest BCUT2D eigenvalue weighted by Gasteiger charge is -2.25. The van der Waals surface area contributed by atoms with Crippen LogP contribution in [0, 0.1) is 5.82 Å². The first-order chi connectivity index (χ1) is 7.81. The molecular formula is C13H15FN2. The first-order valence-corrected chi connectivity index (χ1v) is 5.79. The zero-order chi connectivity index (χ0) is 11.1. The molecular weight excluding hydrogens is 203 g/mol. The van der Waals surface area contributed by atoms with Crippen molar-refractivity contribution >= 4 is 10.9 Å². The fourth-order valence-corrected chi connectivity index (χ4v) is 2.76. The van der Waals surface area contributed by atoms with Crippen molar-refractivity contribution < 1.29 is 4.39 Å². The summed E-state index contributed by atoms with van der Waals surface area (Å²) in [6.45, 7) is 0.632. The van der Waals surface area contributed by atoms with Crippen molar-refractivity contribution in [2.45, 2.75) is 25.3 Å². The number of aromatic nitrogens is 1. The maximum absolute atomic E-state index is 13.7. The fourth-order valence-electron chi connectivity index (χ4n) is 2.76. The molecule has 0 amide bonds. The highest BCUT2D eigenvalue weighted by Crippen LogP contribution is 2.32. The third kappa shape index (κ3) is 1.28. The number of hydrogen-bond donors (Lipinski definition) is 1. The van der Waals surface area contributed by atoms with Gasteiger partial charge in [0, 0.05) is 23.7 Å². The minimum absolute atomic E-state index is 0.129. The van der Waals surface area contributed by atoms with Gasteiger partial charge in [-0.2, -0.15) is 0 Å². The van der Waals surface area contributed by atoms with Crippen LogP contribution in [-0.2, 0) is 6.42 Å². The van der Waals surface area contributed by atoms with Crippen molar-refractivity contribution in [1.29, 1.82) is 0 Å². The number of benzene rings is 1. The van der Waals surface area contributed by atoms with E-state index in [1.807, 2.05) is 12.1 Å². The van der Waals surface area contributed by atoms with Crippen LogP contribution in [0.25, 0.3) is 10.9 Å². The standard InChI is InChI=1S/C13H15FN2/c14-12-5-2-6-13-11(12)7-9-3-1-4-10(8-15)16(9)13/h2,5-7,10H,1,3-4,8,15H2. The molecule has 1 aliphatic heterocycles. The minimum Gasteiger partial charge on any atom is -0.340 e. The van der Waals surface area contributed by atoms with Gasteiger partial charge in [-0.1, -0.05) is 6.07 Å². The van der Waals surface area contributed by atoms with Gasteiger partial charge in [0.25, 0.3) is 0 Å². The van der Waals surface area contributed by atoms with Crippen molar-refractivity contribution in [3.63, 3.8) is 0 Å². The third-order valence-corrected chi connectivity index (χ3v) is 3.52. The second-order valence-electron chi connectivity index (χ2n) is 4.46. The first-order valence-electron chi connectivity index (χ1n) is 5.79. The second-order valence-corrected chi connectivity index (χ2v) is 4.46. The van der Waals surface area contributed by atoms with Crippen LogP contribution < -0.4 is 5.73 Å². The Morgan fingerprint density at radius 2 is 2.31 bits per heavy atom. The monoisotopic (exact) mass is 218 g/mol. The van der Waals surface area contributed by atoms with Gasteiger partial charge in [-0.3, -0.25) is 0 Å². The zero-order valence-corrected chi connectivity index (χ0v) is 9.12. The fraction of sp³-hybridized carbons (Fsp3) is 0.385. The summed E-state index contributed by atoms with van der Waals surface area (Å²) >= 11 is 0. The summed E-state index contributed by atoms with van der Waals surface area (Å²) < 4.78 is 15.9. The largest absolute Gasteiger partial charge is 0.340 e. The first kappa shape index (κ1) is 9.85. The van der Waals surface area contributed by atoms with E-state index in [0.717, 1.165) is 30.2 Å². The molecule has 0 aliphatic carbocycles. The van der Waals surface area contributed by atoms with Gasteiger partial charge in [0.05, 0.1) is 5.52 Å². The van der Waals surface area contributed by atoms with Crippen LogP contribution in [0.15, 0.2) is 24.3 Å². The molecule has 2 N–H and O–H groups in total. The minimum atomic E-state index is -0.129. The van der Waals surface area contributed by atoms with Gasteiger partial charge in [-0.15, -0.1) is 0 Å². The van der Waals surface area contributed by atoms with Gasteiger partial charge in [-0.25, -0.2) is 4.39 Å². The summed E-state index contributed by atoms with van der Waals surface area (Å²) in [6.07, 6.45) is 3.29. The summed E-state index contributed by atoms with van der Waals surface area (Å²) in [6, 6.07) is 7.59. The Labute approximate surface area is 93.9 Å². The van der Waals surface area contributed by atoms with E-state index < -0.39 is 0 Å². The molecule has 16 heavy (non-hydrogen) atoms. The highest BCUT2D eigenvalue weighted by Gasteiger charge is 2.21. The molecule has 3 heteroatoms. The van der Waals surface area contributed by atoms with E-state index in [9.17, 15) is 4.39 Å². The molecule has 0 saturated heterocycles. The van der Waals surface area contributed by atoms with Crippen LogP contribution in [0.2, 0.25) is 0 Å². The molecule has 0 fully saturated rings. The SMILES string of the molecule is NCC1CCCc2cc3c(F)cccc3n21. The Hall–Kier alpha value is -1.35. The smallest absolute Gasteiger partial charge is 0.132 e. The number of hydrogen-bond acceptors (Lipinski definition) is 1. The third-order valence-electron chi connectivity index (χ3n) is 3.52. The molecule has 0 bridgehead atoms. The normalized spacial score (nSPS) is 20.0. The van der Waals surface area contributed by atoms with Gasteiger partial charge in [0.15, 0.2) is 0 Å². The number of aryl methyl sites for hydroxylation is 1. The van der Waals surface area contributed by atoms with Crippen LogP contribution in [0.3, 0.4) is 0 Å². The quantitative estimate of drug-likeness (QED) is 0.783. The van der Waals surface area contributed by atoms with Crippen LogP contribution in [0.4, 0.5) is 4.39 Å². The summed E-state index contributed by atoms with van der Waals surface area (Å²) in [7, 11) is 0. The summed E-state index contributed by atoms with van der Waals surface area (Å²) in [5, 5.41) is 0.734. The maximum Gasteiger partial charge on any atom is 0.132 e. The van der Waals surface area contributed by atoms with Crippen LogP contribution in [-0.4, -0.2) is 11.1 Å². The molecule has 0 radical (unpaired) electrons. The molecule has 3 rings (SSSR count). The number of fused-ring (bicyclic) bond motifs is 3. The van der Waals surface area contributed by atoms with Gasteiger partial charge >= 0.3 is 0 Å². The van der Waals surface area contributed by atoms with Crippen molar-refractivity contribution in [1.82, 2.24) is 4.57 Å². The predicted octanol–water partition coefficient (Wildman–Crippen LogP) is 2.62. The van der Waals surface area contributed by atoms with Crippen molar-refractivity contribution in [3.8, 4) is 0 Å². The molecule has 1 atom stereocenters. The lowest BCUT2D eigenvalue weighted by atomic mass is 10.0. The van der Waals surface area contributed by atoms with E-state index in [4.69, 9.17) is 5.73 Å². The highest BCUT2D eigenvalue weighted by molar-refractivity contribution is 5.82. The Morgan fingerprint density at radius 1 is 1.44 bits per heavy atom. The Balaban J connectivity index is 2.30. The van der Waals surface area contributed by atoms with Gasteiger partial charge < -0.3 is 10.3 Å². The molecule has 0 saturated carbocycles.